The number of para-hydroxylation sites is 1. The first-order valence-corrected chi connectivity index (χ1v) is 9.90. The zero-order valence-corrected chi connectivity index (χ0v) is 15.6. The number of aromatic nitrogens is 3. The van der Waals surface area contributed by atoms with Crippen molar-refractivity contribution in [2.24, 2.45) is 5.10 Å². The summed E-state index contributed by atoms with van der Waals surface area (Å²) in [5.41, 5.74) is 3.37. The van der Waals surface area contributed by atoms with Crippen LogP contribution < -0.4 is 4.83 Å². The maximum Gasteiger partial charge on any atom is 0.276 e. The molecule has 0 unspecified atom stereocenters. The first kappa shape index (κ1) is 18.1. The van der Waals surface area contributed by atoms with E-state index in [1.165, 1.54) is 0 Å². The maximum absolute atomic E-state index is 12.4. The monoisotopic (exact) mass is 371 g/mol. The molecule has 8 heteroatoms. The van der Waals surface area contributed by atoms with Crippen molar-refractivity contribution in [3.05, 3.63) is 54.1 Å². The minimum atomic E-state index is -3.69. The van der Waals surface area contributed by atoms with Crippen LogP contribution in [0, 0.1) is 6.92 Å². The van der Waals surface area contributed by atoms with Gasteiger partial charge in [0.25, 0.3) is 10.0 Å². The van der Waals surface area contributed by atoms with Crippen molar-refractivity contribution >= 4 is 26.8 Å². The summed E-state index contributed by atoms with van der Waals surface area (Å²) < 4.78 is 26.6. The molecule has 0 atom stereocenters. The van der Waals surface area contributed by atoms with Crippen molar-refractivity contribution in [3.8, 4) is 0 Å². The fourth-order valence-electron chi connectivity index (χ4n) is 2.56. The fourth-order valence-corrected chi connectivity index (χ4v) is 3.41. The van der Waals surface area contributed by atoms with Crippen LogP contribution in [0.2, 0.25) is 0 Å². The number of fused-ring (bicyclic) bond motifs is 1. The van der Waals surface area contributed by atoms with E-state index < -0.39 is 10.0 Å². The average Bonchev–Trinajstić information content (AvgIpc) is 3.03. The summed E-state index contributed by atoms with van der Waals surface area (Å²) in [6.45, 7) is 4.30. The minimum Gasteiger partial charge on any atom is -0.239 e. The molecule has 0 bridgehead atoms. The third-order valence-corrected chi connectivity index (χ3v) is 5.17. The number of hydrogen-bond donors (Lipinski definition) is 1. The van der Waals surface area contributed by atoms with Crippen LogP contribution in [-0.2, 0) is 16.6 Å². The van der Waals surface area contributed by atoms with Crippen molar-refractivity contribution in [1.82, 2.24) is 19.8 Å². The summed E-state index contributed by atoms with van der Waals surface area (Å²) in [4.78, 5) is 2.53. The van der Waals surface area contributed by atoms with Gasteiger partial charge < -0.3 is 0 Å². The van der Waals surface area contributed by atoms with Gasteiger partial charge in [-0.2, -0.15) is 13.5 Å². The molecule has 3 aromatic rings. The summed E-state index contributed by atoms with van der Waals surface area (Å²) in [5, 5.41) is 12.4. The molecule has 0 aliphatic carbocycles. The Morgan fingerprint density at radius 2 is 1.88 bits per heavy atom. The Morgan fingerprint density at radius 3 is 2.62 bits per heavy atom. The van der Waals surface area contributed by atoms with E-state index in [4.69, 9.17) is 0 Å². The van der Waals surface area contributed by atoms with E-state index in [-0.39, 0.29) is 4.90 Å². The average molecular weight is 371 g/mol. The maximum atomic E-state index is 12.4. The fraction of sp³-hybridized carbons (Fsp3) is 0.278. The smallest absolute Gasteiger partial charge is 0.239 e. The van der Waals surface area contributed by atoms with E-state index in [0.717, 1.165) is 23.0 Å². The number of hydrazone groups is 1. The number of rotatable bonds is 7. The van der Waals surface area contributed by atoms with Crippen LogP contribution in [0.3, 0.4) is 0 Å². The number of nitrogens with zero attached hydrogens (tertiary/aromatic N) is 4. The van der Waals surface area contributed by atoms with Crippen LogP contribution in [0.1, 0.15) is 25.3 Å². The topological polar surface area (TPSA) is 89.2 Å². The van der Waals surface area contributed by atoms with Gasteiger partial charge in [-0.25, -0.2) is 9.51 Å². The van der Waals surface area contributed by atoms with Crippen LogP contribution in [0.25, 0.3) is 11.0 Å². The largest absolute Gasteiger partial charge is 0.276 e. The van der Waals surface area contributed by atoms with Crippen molar-refractivity contribution in [2.45, 2.75) is 38.1 Å². The molecule has 0 fully saturated rings. The van der Waals surface area contributed by atoms with E-state index in [1.807, 2.05) is 38.1 Å². The van der Waals surface area contributed by atoms with E-state index in [1.54, 1.807) is 28.9 Å². The molecule has 0 aliphatic rings. The normalized spacial score (nSPS) is 12.5. The Labute approximate surface area is 152 Å². The Hall–Kier alpha value is -2.74. The number of nitrogens with one attached hydrogen (secondary N) is 1. The molecule has 1 aromatic heterocycles. The molecule has 1 N–H and O–H groups in total. The SMILES string of the molecule is CCC/C(Cn1nnc2ccccc21)=N/NS(=O)(=O)c1ccc(C)cc1. The lowest BCUT2D eigenvalue weighted by atomic mass is 10.2. The number of hydrogen-bond acceptors (Lipinski definition) is 5. The summed E-state index contributed by atoms with van der Waals surface area (Å²) in [5.74, 6) is 0. The van der Waals surface area contributed by atoms with Crippen LogP contribution in [-0.4, -0.2) is 29.1 Å². The molecular weight excluding hydrogens is 350 g/mol. The molecule has 136 valence electrons. The van der Waals surface area contributed by atoms with Gasteiger partial charge in [0, 0.05) is 0 Å². The third kappa shape index (κ3) is 4.08. The van der Waals surface area contributed by atoms with Gasteiger partial charge in [0.2, 0.25) is 0 Å². The Balaban J connectivity index is 1.82. The first-order chi connectivity index (χ1) is 12.5. The van der Waals surface area contributed by atoms with Gasteiger partial charge in [0.05, 0.1) is 22.7 Å². The van der Waals surface area contributed by atoms with Gasteiger partial charge in [-0.1, -0.05) is 48.4 Å². The third-order valence-electron chi connectivity index (χ3n) is 3.95. The van der Waals surface area contributed by atoms with Gasteiger partial charge in [0.1, 0.15) is 5.52 Å². The Bertz CT molecular complexity index is 1020. The minimum absolute atomic E-state index is 0.189. The molecule has 7 nitrogen and oxygen atoms in total. The number of sulfonamides is 1. The van der Waals surface area contributed by atoms with E-state index in [2.05, 4.69) is 20.2 Å². The second-order valence-electron chi connectivity index (χ2n) is 6.07. The highest BCUT2D eigenvalue weighted by atomic mass is 32.2. The van der Waals surface area contributed by atoms with Crippen molar-refractivity contribution < 1.29 is 8.42 Å². The second-order valence-corrected chi connectivity index (χ2v) is 7.73. The zero-order chi connectivity index (χ0) is 18.6. The van der Waals surface area contributed by atoms with Crippen LogP contribution >= 0.6 is 0 Å². The van der Waals surface area contributed by atoms with Crippen molar-refractivity contribution in [2.75, 3.05) is 0 Å². The zero-order valence-electron chi connectivity index (χ0n) is 14.8. The molecule has 0 saturated carbocycles. The summed E-state index contributed by atoms with van der Waals surface area (Å²) in [6, 6.07) is 14.3. The lowest BCUT2D eigenvalue weighted by Crippen LogP contribution is -2.22. The predicted octanol–water partition coefficient (Wildman–Crippen LogP) is 2.87. The highest BCUT2D eigenvalue weighted by molar-refractivity contribution is 7.89. The summed E-state index contributed by atoms with van der Waals surface area (Å²) >= 11 is 0. The van der Waals surface area contributed by atoms with Crippen LogP contribution in [0.5, 0.6) is 0 Å². The molecule has 0 amide bonds. The molecule has 0 saturated heterocycles. The molecule has 1 heterocycles. The van der Waals surface area contributed by atoms with Gasteiger partial charge in [-0.15, -0.1) is 5.10 Å². The Kier molecular flexibility index (Phi) is 5.32. The lowest BCUT2D eigenvalue weighted by Gasteiger charge is -2.08. The molecule has 0 radical (unpaired) electrons. The van der Waals surface area contributed by atoms with Crippen molar-refractivity contribution in [3.63, 3.8) is 0 Å². The van der Waals surface area contributed by atoms with Crippen LogP contribution in [0.4, 0.5) is 0 Å². The first-order valence-electron chi connectivity index (χ1n) is 8.42. The molecule has 0 aliphatic heterocycles. The summed E-state index contributed by atoms with van der Waals surface area (Å²) in [6.07, 6.45) is 1.50. The highest BCUT2D eigenvalue weighted by Crippen LogP contribution is 2.12. The van der Waals surface area contributed by atoms with E-state index in [0.29, 0.717) is 18.7 Å². The van der Waals surface area contributed by atoms with E-state index in [9.17, 15) is 8.42 Å². The molecule has 2 aromatic carbocycles. The summed E-state index contributed by atoms with van der Waals surface area (Å²) in [7, 11) is -3.69. The molecule has 0 spiro atoms. The van der Waals surface area contributed by atoms with Gasteiger partial charge in [-0.05, 0) is 37.6 Å². The molecule has 26 heavy (non-hydrogen) atoms. The van der Waals surface area contributed by atoms with E-state index >= 15 is 0 Å². The lowest BCUT2D eigenvalue weighted by molar-refractivity contribution is 0.583. The van der Waals surface area contributed by atoms with Gasteiger partial charge in [-0.3, -0.25) is 0 Å². The Morgan fingerprint density at radius 1 is 1.15 bits per heavy atom. The quantitative estimate of drug-likeness (QED) is 0.511. The molecule has 3 rings (SSSR count). The predicted molar refractivity (Wildman–Crippen MR) is 101 cm³/mol. The van der Waals surface area contributed by atoms with Crippen LogP contribution in [0.15, 0.2) is 58.5 Å². The second kappa shape index (κ2) is 7.65. The van der Waals surface area contributed by atoms with Gasteiger partial charge >= 0.3 is 0 Å². The number of benzene rings is 2. The highest BCUT2D eigenvalue weighted by Gasteiger charge is 2.14. The van der Waals surface area contributed by atoms with Gasteiger partial charge in [0.15, 0.2) is 0 Å². The number of aryl methyl sites for hydroxylation is 1. The standard InChI is InChI=1S/C18H21N5O2S/c1-3-6-15(13-23-18-8-5-4-7-17(18)20-21-23)19-22-26(24,25)16-11-9-14(2)10-12-16/h4-5,7-12,22H,3,6,13H2,1-2H3/b19-15-. The molecular formula is C18H21N5O2S. The van der Waals surface area contributed by atoms with Crippen molar-refractivity contribution in [1.29, 1.82) is 0 Å².